The number of hydrogen-bond donors (Lipinski definition) is 1. The van der Waals surface area contributed by atoms with Crippen molar-refractivity contribution in [3.05, 3.63) is 0 Å². The summed E-state index contributed by atoms with van der Waals surface area (Å²) in [5.41, 5.74) is 0. The van der Waals surface area contributed by atoms with Crippen molar-refractivity contribution in [3.8, 4) is 0 Å². The number of carbonyl (C=O) groups is 2. The molecule has 1 aliphatic heterocycles. The maximum atomic E-state index is 11.9. The minimum Gasteiger partial charge on any atom is -0.337 e. The molecule has 0 radical (unpaired) electrons. The zero-order valence-corrected chi connectivity index (χ0v) is 8.45. The summed E-state index contributed by atoms with van der Waals surface area (Å²) in [7, 11) is 0. The van der Waals surface area contributed by atoms with Crippen LogP contribution in [0.5, 0.6) is 0 Å². The lowest BCUT2D eigenvalue weighted by molar-refractivity contribution is -0.134. The number of amides is 3. The van der Waals surface area contributed by atoms with Crippen molar-refractivity contribution in [2.75, 3.05) is 6.54 Å². The number of rotatable bonds is 3. The number of imide groups is 1. The van der Waals surface area contributed by atoms with Gasteiger partial charge in [0, 0.05) is 12.6 Å². The molecule has 3 amide bonds. The summed E-state index contributed by atoms with van der Waals surface area (Å²) < 4.78 is 0. The molecular formula is C10H16N2O2. The number of hydrogen-bond acceptors (Lipinski definition) is 2. The van der Waals surface area contributed by atoms with Crippen LogP contribution in [0.15, 0.2) is 0 Å². The third-order valence-corrected chi connectivity index (χ3v) is 2.85. The maximum Gasteiger partial charge on any atom is 0.324 e. The highest BCUT2D eigenvalue weighted by Gasteiger charge is 2.42. The quantitative estimate of drug-likeness (QED) is 0.735. The third kappa shape index (κ3) is 1.61. The van der Waals surface area contributed by atoms with Crippen LogP contribution in [0.4, 0.5) is 4.79 Å². The van der Waals surface area contributed by atoms with Gasteiger partial charge in [-0.3, -0.25) is 9.69 Å². The molecule has 1 N–H and O–H groups in total. The highest BCUT2D eigenvalue weighted by Crippen LogP contribution is 2.30. The van der Waals surface area contributed by atoms with Gasteiger partial charge in [0.05, 0.1) is 5.92 Å². The second kappa shape index (κ2) is 3.59. The van der Waals surface area contributed by atoms with Crippen LogP contribution in [0.25, 0.3) is 0 Å². The monoisotopic (exact) mass is 196 g/mol. The van der Waals surface area contributed by atoms with Crippen molar-refractivity contribution in [2.45, 2.75) is 38.6 Å². The predicted octanol–water partition coefficient (Wildman–Crippen LogP) is 1.12. The summed E-state index contributed by atoms with van der Waals surface area (Å²) in [5, 5.41) is 2.78. The molecule has 2 fully saturated rings. The Morgan fingerprint density at radius 2 is 2.14 bits per heavy atom. The molecule has 1 heterocycles. The SMILES string of the molecule is CCCC1CNC(=O)N(C2CC2)C1=O. The predicted molar refractivity (Wildman–Crippen MR) is 51.7 cm³/mol. The smallest absolute Gasteiger partial charge is 0.324 e. The van der Waals surface area contributed by atoms with Crippen LogP contribution in [-0.4, -0.2) is 29.4 Å². The van der Waals surface area contributed by atoms with Crippen molar-refractivity contribution in [2.24, 2.45) is 5.92 Å². The van der Waals surface area contributed by atoms with E-state index in [2.05, 4.69) is 12.2 Å². The Labute approximate surface area is 83.6 Å². The van der Waals surface area contributed by atoms with Gasteiger partial charge in [-0.1, -0.05) is 13.3 Å². The molecule has 4 heteroatoms. The van der Waals surface area contributed by atoms with Gasteiger partial charge in [-0.05, 0) is 19.3 Å². The molecule has 14 heavy (non-hydrogen) atoms. The van der Waals surface area contributed by atoms with Gasteiger partial charge < -0.3 is 5.32 Å². The summed E-state index contributed by atoms with van der Waals surface area (Å²) in [6.07, 6.45) is 3.84. The van der Waals surface area contributed by atoms with Crippen LogP contribution in [-0.2, 0) is 4.79 Å². The van der Waals surface area contributed by atoms with Crippen LogP contribution < -0.4 is 5.32 Å². The van der Waals surface area contributed by atoms with Crippen LogP contribution in [0, 0.1) is 5.92 Å². The molecule has 2 rings (SSSR count). The Balaban J connectivity index is 2.05. The summed E-state index contributed by atoms with van der Waals surface area (Å²) >= 11 is 0. The van der Waals surface area contributed by atoms with Gasteiger partial charge in [-0.15, -0.1) is 0 Å². The van der Waals surface area contributed by atoms with Gasteiger partial charge in [0.1, 0.15) is 0 Å². The van der Waals surface area contributed by atoms with Crippen molar-refractivity contribution < 1.29 is 9.59 Å². The van der Waals surface area contributed by atoms with E-state index in [0.717, 1.165) is 25.7 Å². The van der Waals surface area contributed by atoms with Gasteiger partial charge in [0.15, 0.2) is 0 Å². The lowest BCUT2D eigenvalue weighted by atomic mass is 10.0. The fraction of sp³-hybridized carbons (Fsp3) is 0.800. The number of nitrogens with one attached hydrogen (secondary N) is 1. The molecule has 1 saturated carbocycles. The zero-order valence-electron chi connectivity index (χ0n) is 8.45. The average Bonchev–Trinajstić information content (AvgIpc) is 2.94. The van der Waals surface area contributed by atoms with E-state index in [1.807, 2.05) is 0 Å². The minimum atomic E-state index is -0.190. The Hall–Kier alpha value is -1.06. The van der Waals surface area contributed by atoms with Crippen molar-refractivity contribution in [1.82, 2.24) is 10.2 Å². The highest BCUT2D eigenvalue weighted by atomic mass is 16.2. The Bertz CT molecular complexity index is 261. The van der Waals surface area contributed by atoms with E-state index in [0.29, 0.717) is 6.54 Å². The van der Waals surface area contributed by atoms with Gasteiger partial charge >= 0.3 is 6.03 Å². The van der Waals surface area contributed by atoms with E-state index < -0.39 is 0 Å². The molecule has 1 saturated heterocycles. The average molecular weight is 196 g/mol. The first kappa shape index (κ1) is 9.49. The number of nitrogens with zero attached hydrogens (tertiary/aromatic N) is 1. The molecule has 1 aliphatic carbocycles. The second-order valence-electron chi connectivity index (χ2n) is 4.11. The molecule has 0 bridgehead atoms. The Kier molecular flexibility index (Phi) is 2.44. The van der Waals surface area contributed by atoms with Gasteiger partial charge in [0.25, 0.3) is 0 Å². The normalized spacial score (nSPS) is 27.8. The standard InChI is InChI=1S/C10H16N2O2/c1-2-3-7-6-11-10(14)12(9(7)13)8-4-5-8/h7-8H,2-6H2,1H3,(H,11,14). The molecule has 0 aromatic carbocycles. The molecule has 2 aliphatic rings. The summed E-state index contributed by atoms with van der Waals surface area (Å²) in [6, 6.07) is 0.00649. The largest absolute Gasteiger partial charge is 0.337 e. The lowest BCUT2D eigenvalue weighted by Crippen LogP contribution is -2.55. The first-order chi connectivity index (χ1) is 6.74. The van der Waals surface area contributed by atoms with E-state index in [-0.39, 0.29) is 23.9 Å². The zero-order chi connectivity index (χ0) is 10.1. The molecule has 0 aromatic rings. The van der Waals surface area contributed by atoms with Gasteiger partial charge in [0.2, 0.25) is 5.91 Å². The molecule has 4 nitrogen and oxygen atoms in total. The molecule has 1 atom stereocenters. The van der Waals surface area contributed by atoms with E-state index >= 15 is 0 Å². The summed E-state index contributed by atoms with van der Waals surface area (Å²) in [5.74, 6) is 0.0522. The highest BCUT2D eigenvalue weighted by molar-refractivity contribution is 5.98. The van der Waals surface area contributed by atoms with Gasteiger partial charge in [-0.25, -0.2) is 4.79 Å². The molecule has 1 unspecified atom stereocenters. The first-order valence-electron chi connectivity index (χ1n) is 5.35. The lowest BCUT2D eigenvalue weighted by Gasteiger charge is -2.31. The maximum absolute atomic E-state index is 11.9. The Morgan fingerprint density at radius 3 is 2.71 bits per heavy atom. The van der Waals surface area contributed by atoms with Gasteiger partial charge in [-0.2, -0.15) is 0 Å². The molecular weight excluding hydrogens is 180 g/mol. The summed E-state index contributed by atoms with van der Waals surface area (Å²) in [4.78, 5) is 24.7. The van der Waals surface area contributed by atoms with Crippen molar-refractivity contribution in [1.29, 1.82) is 0 Å². The topological polar surface area (TPSA) is 49.4 Å². The van der Waals surface area contributed by atoms with Crippen LogP contribution in [0.1, 0.15) is 32.6 Å². The van der Waals surface area contributed by atoms with Crippen LogP contribution >= 0.6 is 0 Å². The second-order valence-corrected chi connectivity index (χ2v) is 4.11. The van der Waals surface area contributed by atoms with Crippen molar-refractivity contribution in [3.63, 3.8) is 0 Å². The fourth-order valence-corrected chi connectivity index (χ4v) is 1.93. The van der Waals surface area contributed by atoms with E-state index in [9.17, 15) is 9.59 Å². The first-order valence-corrected chi connectivity index (χ1v) is 5.35. The van der Waals surface area contributed by atoms with Crippen LogP contribution in [0.2, 0.25) is 0 Å². The third-order valence-electron chi connectivity index (χ3n) is 2.85. The van der Waals surface area contributed by atoms with Crippen LogP contribution in [0.3, 0.4) is 0 Å². The van der Waals surface area contributed by atoms with Crippen molar-refractivity contribution >= 4 is 11.9 Å². The van der Waals surface area contributed by atoms with E-state index in [1.165, 1.54) is 4.90 Å². The molecule has 0 aromatic heterocycles. The fourth-order valence-electron chi connectivity index (χ4n) is 1.93. The molecule has 78 valence electrons. The minimum absolute atomic E-state index is 0.0123. The Morgan fingerprint density at radius 1 is 1.43 bits per heavy atom. The number of carbonyl (C=O) groups excluding carboxylic acids is 2. The number of urea groups is 1. The van der Waals surface area contributed by atoms with E-state index in [1.54, 1.807) is 0 Å². The molecule has 0 spiro atoms. The summed E-state index contributed by atoms with van der Waals surface area (Å²) in [6.45, 7) is 2.58. The van der Waals surface area contributed by atoms with E-state index in [4.69, 9.17) is 0 Å².